The summed E-state index contributed by atoms with van der Waals surface area (Å²) in [7, 11) is 0. The molecule has 0 N–H and O–H groups in total. The van der Waals surface area contributed by atoms with Gasteiger partial charge in [0.1, 0.15) is 5.82 Å². The van der Waals surface area contributed by atoms with Crippen molar-refractivity contribution in [2.24, 2.45) is 0 Å². The molecule has 0 aliphatic rings. The van der Waals surface area contributed by atoms with E-state index in [1.54, 1.807) is 0 Å². The predicted molar refractivity (Wildman–Crippen MR) is 195 cm³/mol. The molecule has 0 amide bonds. The van der Waals surface area contributed by atoms with Gasteiger partial charge in [0.2, 0.25) is 0 Å². The van der Waals surface area contributed by atoms with Crippen molar-refractivity contribution < 1.29 is 0 Å². The van der Waals surface area contributed by atoms with Crippen molar-refractivity contribution in [3.05, 3.63) is 175 Å². The molecule has 0 aliphatic heterocycles. The quantitative estimate of drug-likeness (QED) is 0.185. The second kappa shape index (κ2) is 11.3. The van der Waals surface area contributed by atoms with Crippen molar-refractivity contribution >= 4 is 43.1 Å². The van der Waals surface area contributed by atoms with E-state index in [4.69, 9.17) is 15.0 Å². The molecule has 0 spiro atoms. The lowest BCUT2D eigenvalue weighted by Gasteiger charge is -2.16. The highest BCUT2D eigenvalue weighted by Gasteiger charge is 2.16. The van der Waals surface area contributed by atoms with Gasteiger partial charge in [0.25, 0.3) is 0 Å². The second-order valence-electron chi connectivity index (χ2n) is 12.0. The van der Waals surface area contributed by atoms with Crippen LogP contribution in [0.25, 0.3) is 77.0 Å². The summed E-state index contributed by atoms with van der Waals surface area (Å²) in [5, 5.41) is 9.91. The molecule has 3 heteroatoms. The molecule has 220 valence electrons. The van der Waals surface area contributed by atoms with Gasteiger partial charge in [-0.3, -0.25) is 0 Å². The molecule has 0 saturated carbocycles. The van der Waals surface area contributed by atoms with E-state index in [9.17, 15) is 0 Å². The fourth-order valence-electron chi connectivity index (χ4n) is 6.89. The summed E-state index contributed by atoms with van der Waals surface area (Å²) in [6.45, 7) is 0. The van der Waals surface area contributed by atoms with Crippen LogP contribution in [-0.2, 0) is 6.42 Å². The summed E-state index contributed by atoms with van der Waals surface area (Å²) < 4.78 is 0. The standard InChI is InChI=1S/C44H29N3/c1-3-12-33(13-4-1)43-45-39(46-44(47-43)34-14-5-2-6-15-34)28-37-19-9-17-30-22-24-32-25-23-31-18-10-20-38(41(31)42(32)40(30)37)36-26-21-29-11-7-8-16-35(29)27-36/h1-27H,28H2. The highest BCUT2D eigenvalue weighted by Crippen LogP contribution is 2.40. The van der Waals surface area contributed by atoms with Crippen LogP contribution in [-0.4, -0.2) is 15.0 Å². The number of aromatic nitrogens is 3. The zero-order valence-electron chi connectivity index (χ0n) is 25.6. The minimum atomic E-state index is 0.577. The minimum absolute atomic E-state index is 0.577. The molecule has 1 aromatic heterocycles. The van der Waals surface area contributed by atoms with Crippen LogP contribution in [0.2, 0.25) is 0 Å². The van der Waals surface area contributed by atoms with Crippen LogP contribution in [0.4, 0.5) is 0 Å². The molecule has 0 saturated heterocycles. The van der Waals surface area contributed by atoms with E-state index in [2.05, 4.69) is 127 Å². The average Bonchev–Trinajstić information content (AvgIpc) is 3.14. The Morgan fingerprint density at radius 3 is 1.55 bits per heavy atom. The van der Waals surface area contributed by atoms with Crippen LogP contribution in [0.15, 0.2) is 164 Å². The van der Waals surface area contributed by atoms with Crippen LogP contribution in [0.1, 0.15) is 11.4 Å². The SMILES string of the molecule is c1ccc(-c2nc(Cc3cccc4ccc5ccc6cccc(-c7ccc8ccccc8c7)c6c5c34)nc(-c3ccccc3)n2)cc1. The molecule has 0 unspecified atom stereocenters. The summed E-state index contributed by atoms with van der Waals surface area (Å²) in [6, 6.07) is 58.0. The largest absolute Gasteiger partial charge is 0.213 e. The lowest BCUT2D eigenvalue weighted by atomic mass is 9.88. The Hall–Kier alpha value is -6.19. The van der Waals surface area contributed by atoms with E-state index in [-0.39, 0.29) is 0 Å². The van der Waals surface area contributed by atoms with Crippen LogP contribution in [0.3, 0.4) is 0 Å². The van der Waals surface area contributed by atoms with Gasteiger partial charge in [-0.1, -0.05) is 158 Å². The normalized spacial score (nSPS) is 11.5. The van der Waals surface area contributed by atoms with E-state index in [0.717, 1.165) is 17.0 Å². The number of hydrogen-bond acceptors (Lipinski definition) is 3. The third-order valence-electron chi connectivity index (χ3n) is 9.11. The third-order valence-corrected chi connectivity index (χ3v) is 9.11. The highest BCUT2D eigenvalue weighted by atomic mass is 15.0. The number of rotatable bonds is 5. The first kappa shape index (κ1) is 27.1. The number of hydrogen-bond donors (Lipinski definition) is 0. The zero-order valence-corrected chi connectivity index (χ0v) is 25.6. The van der Waals surface area contributed by atoms with Gasteiger partial charge >= 0.3 is 0 Å². The van der Waals surface area contributed by atoms with Crippen LogP contribution >= 0.6 is 0 Å². The Balaban J connectivity index is 1.28. The Bertz CT molecular complexity index is 2530. The van der Waals surface area contributed by atoms with E-state index >= 15 is 0 Å². The highest BCUT2D eigenvalue weighted by molar-refractivity contribution is 6.24. The Kier molecular flexibility index (Phi) is 6.53. The summed E-state index contributed by atoms with van der Waals surface area (Å²) >= 11 is 0. The van der Waals surface area contributed by atoms with Crippen LogP contribution in [0.5, 0.6) is 0 Å². The molecule has 0 atom stereocenters. The van der Waals surface area contributed by atoms with Crippen molar-refractivity contribution in [2.45, 2.75) is 6.42 Å². The Morgan fingerprint density at radius 1 is 0.340 bits per heavy atom. The summed E-state index contributed by atoms with van der Waals surface area (Å²) in [4.78, 5) is 15.0. The van der Waals surface area contributed by atoms with Gasteiger partial charge in [-0.15, -0.1) is 0 Å². The topological polar surface area (TPSA) is 38.7 Å². The molecule has 8 aromatic carbocycles. The van der Waals surface area contributed by atoms with Crippen molar-refractivity contribution in [3.63, 3.8) is 0 Å². The maximum absolute atomic E-state index is 5.05. The maximum atomic E-state index is 5.05. The summed E-state index contributed by atoms with van der Waals surface area (Å²) in [6.07, 6.45) is 0.577. The van der Waals surface area contributed by atoms with Crippen molar-refractivity contribution in [1.82, 2.24) is 15.0 Å². The lowest BCUT2D eigenvalue weighted by Crippen LogP contribution is -2.04. The van der Waals surface area contributed by atoms with E-state index < -0.39 is 0 Å². The molecule has 0 bridgehead atoms. The van der Waals surface area contributed by atoms with E-state index in [1.165, 1.54) is 59.8 Å². The molecule has 0 fully saturated rings. The predicted octanol–water partition coefficient (Wildman–Crippen LogP) is 11.1. The molecule has 47 heavy (non-hydrogen) atoms. The minimum Gasteiger partial charge on any atom is -0.213 e. The zero-order chi connectivity index (χ0) is 31.2. The second-order valence-corrected chi connectivity index (χ2v) is 12.0. The number of fused-ring (bicyclic) bond motifs is 6. The average molecular weight is 600 g/mol. The summed E-state index contributed by atoms with van der Waals surface area (Å²) in [5.41, 5.74) is 5.59. The smallest absolute Gasteiger partial charge is 0.163 e. The van der Waals surface area contributed by atoms with Gasteiger partial charge in [-0.25, -0.2) is 15.0 Å². The van der Waals surface area contributed by atoms with Gasteiger partial charge in [0, 0.05) is 17.5 Å². The van der Waals surface area contributed by atoms with Crippen LogP contribution < -0.4 is 0 Å². The molecular weight excluding hydrogens is 571 g/mol. The molecule has 9 rings (SSSR count). The number of nitrogens with zero attached hydrogens (tertiary/aromatic N) is 3. The van der Waals surface area contributed by atoms with E-state index in [0.29, 0.717) is 18.1 Å². The molecule has 1 heterocycles. The van der Waals surface area contributed by atoms with Gasteiger partial charge in [-0.2, -0.15) is 0 Å². The first-order valence-corrected chi connectivity index (χ1v) is 16.0. The van der Waals surface area contributed by atoms with Crippen LogP contribution in [0, 0.1) is 0 Å². The van der Waals surface area contributed by atoms with Gasteiger partial charge in [0.15, 0.2) is 11.6 Å². The van der Waals surface area contributed by atoms with Gasteiger partial charge < -0.3 is 0 Å². The first-order chi connectivity index (χ1) is 23.3. The Labute approximate surface area is 272 Å². The van der Waals surface area contributed by atoms with Gasteiger partial charge in [0.05, 0.1) is 0 Å². The monoisotopic (exact) mass is 599 g/mol. The third kappa shape index (κ3) is 4.90. The molecule has 9 aromatic rings. The molecular formula is C44H29N3. The Morgan fingerprint density at radius 2 is 0.872 bits per heavy atom. The first-order valence-electron chi connectivity index (χ1n) is 16.0. The molecule has 0 aliphatic carbocycles. The van der Waals surface area contributed by atoms with Crippen molar-refractivity contribution in [2.75, 3.05) is 0 Å². The molecule has 0 radical (unpaired) electrons. The summed E-state index contributed by atoms with van der Waals surface area (Å²) in [5.74, 6) is 2.12. The van der Waals surface area contributed by atoms with Crippen molar-refractivity contribution in [1.29, 1.82) is 0 Å². The van der Waals surface area contributed by atoms with E-state index in [1.807, 2.05) is 36.4 Å². The fraction of sp³-hybridized carbons (Fsp3) is 0.0227. The fourth-order valence-corrected chi connectivity index (χ4v) is 6.89. The number of benzene rings is 8. The van der Waals surface area contributed by atoms with Gasteiger partial charge in [-0.05, 0) is 65.8 Å². The van der Waals surface area contributed by atoms with Crippen molar-refractivity contribution in [3.8, 4) is 33.9 Å². The lowest BCUT2D eigenvalue weighted by molar-refractivity contribution is 0.937. The molecule has 3 nitrogen and oxygen atoms in total. The maximum Gasteiger partial charge on any atom is 0.163 e.